The van der Waals surface area contributed by atoms with E-state index in [1.807, 2.05) is 30.3 Å². The summed E-state index contributed by atoms with van der Waals surface area (Å²) in [7, 11) is -3.63. The summed E-state index contributed by atoms with van der Waals surface area (Å²) in [5.41, 5.74) is 0.652. The zero-order valence-electron chi connectivity index (χ0n) is 19.6. The molecule has 1 N–H and O–H groups in total. The lowest BCUT2D eigenvalue weighted by Crippen LogP contribution is -2.40. The van der Waals surface area contributed by atoms with Crippen molar-refractivity contribution in [2.45, 2.75) is 17.9 Å². The molecule has 0 saturated carbocycles. The summed E-state index contributed by atoms with van der Waals surface area (Å²) in [4.78, 5) is 25.1. The highest BCUT2D eigenvalue weighted by Crippen LogP contribution is 2.22. The van der Waals surface area contributed by atoms with Gasteiger partial charge in [-0.05, 0) is 67.6 Å². The van der Waals surface area contributed by atoms with Crippen LogP contribution < -0.4 is 10.1 Å². The van der Waals surface area contributed by atoms with Crippen molar-refractivity contribution in [1.82, 2.24) is 4.31 Å². The van der Waals surface area contributed by atoms with Gasteiger partial charge in [0.15, 0.2) is 6.10 Å². The molecule has 1 aliphatic rings. The molecule has 0 spiro atoms. The molecule has 1 aliphatic heterocycles. The fourth-order valence-corrected chi connectivity index (χ4v) is 4.86. The van der Waals surface area contributed by atoms with Crippen molar-refractivity contribution in [3.05, 3.63) is 84.4 Å². The number of anilines is 1. The molecule has 1 heterocycles. The molecule has 9 nitrogen and oxygen atoms in total. The quantitative estimate of drug-likeness (QED) is 0.460. The maximum absolute atomic E-state index is 12.7. The van der Waals surface area contributed by atoms with Crippen molar-refractivity contribution in [3.63, 3.8) is 0 Å². The molecule has 0 aliphatic carbocycles. The summed E-state index contributed by atoms with van der Waals surface area (Å²) in [6.07, 6.45) is -1.07. The van der Waals surface area contributed by atoms with Crippen LogP contribution >= 0.6 is 0 Å². The second kappa shape index (κ2) is 11.3. The maximum atomic E-state index is 12.7. The van der Waals surface area contributed by atoms with Crippen LogP contribution in [0.2, 0.25) is 0 Å². The van der Waals surface area contributed by atoms with Crippen LogP contribution in [0.4, 0.5) is 5.69 Å². The lowest BCUT2D eigenvalue weighted by atomic mass is 10.2. The van der Waals surface area contributed by atoms with Gasteiger partial charge in [0.1, 0.15) is 11.5 Å². The molecule has 10 heteroatoms. The topological polar surface area (TPSA) is 111 Å². The summed E-state index contributed by atoms with van der Waals surface area (Å²) in [6, 6.07) is 21.5. The SMILES string of the molecule is CC(OC(=O)c1ccc(Oc2ccccc2)cc1)C(=O)Nc1ccc(S(=O)(=O)N2CCOCC2)cc1. The average Bonchev–Trinajstić information content (AvgIpc) is 2.90. The van der Waals surface area contributed by atoms with Crippen LogP contribution in [0.1, 0.15) is 17.3 Å². The van der Waals surface area contributed by atoms with Crippen molar-refractivity contribution in [1.29, 1.82) is 0 Å². The number of benzene rings is 3. The van der Waals surface area contributed by atoms with Crippen molar-refractivity contribution in [2.75, 3.05) is 31.6 Å². The van der Waals surface area contributed by atoms with Gasteiger partial charge in [-0.15, -0.1) is 0 Å². The van der Waals surface area contributed by atoms with Crippen molar-refractivity contribution in [2.24, 2.45) is 0 Å². The summed E-state index contributed by atoms with van der Waals surface area (Å²) in [6.45, 7) is 2.77. The van der Waals surface area contributed by atoms with Gasteiger partial charge in [-0.25, -0.2) is 13.2 Å². The first kappa shape index (κ1) is 25.4. The number of hydrogen-bond acceptors (Lipinski definition) is 7. The Balaban J connectivity index is 1.31. The third kappa shape index (κ3) is 6.28. The molecule has 36 heavy (non-hydrogen) atoms. The number of para-hydroxylation sites is 1. The highest BCUT2D eigenvalue weighted by atomic mass is 32.2. The van der Waals surface area contributed by atoms with Gasteiger partial charge in [-0.2, -0.15) is 4.31 Å². The third-order valence-corrected chi connectivity index (χ3v) is 7.36. The Kier molecular flexibility index (Phi) is 7.99. The molecular weight excluding hydrogens is 484 g/mol. The van der Waals surface area contributed by atoms with Gasteiger partial charge < -0.3 is 19.5 Å². The number of sulfonamides is 1. The highest BCUT2D eigenvalue weighted by Gasteiger charge is 2.26. The van der Waals surface area contributed by atoms with Gasteiger partial charge >= 0.3 is 5.97 Å². The average molecular weight is 511 g/mol. The number of morpholine rings is 1. The van der Waals surface area contributed by atoms with E-state index >= 15 is 0 Å². The molecule has 1 saturated heterocycles. The standard InChI is InChI=1S/C26H26N2O7S/c1-19(34-26(30)20-7-11-23(12-8-20)35-22-5-3-2-4-6-22)25(29)27-21-9-13-24(14-10-21)36(31,32)28-15-17-33-18-16-28/h2-14,19H,15-18H2,1H3,(H,27,29). The lowest BCUT2D eigenvalue weighted by Gasteiger charge is -2.26. The van der Waals surface area contributed by atoms with Crippen molar-refractivity contribution >= 4 is 27.6 Å². The number of nitrogens with one attached hydrogen (secondary N) is 1. The van der Waals surface area contributed by atoms with Crippen molar-refractivity contribution < 1.29 is 32.2 Å². The monoisotopic (exact) mass is 510 g/mol. The summed E-state index contributed by atoms with van der Waals surface area (Å²) < 4.78 is 43.0. The molecule has 188 valence electrons. The predicted molar refractivity (Wildman–Crippen MR) is 132 cm³/mol. The number of carbonyl (C=O) groups excluding carboxylic acids is 2. The van der Waals surface area contributed by atoms with Gasteiger partial charge in [0.2, 0.25) is 10.0 Å². The number of amides is 1. The van der Waals surface area contributed by atoms with Gasteiger partial charge in [0.05, 0.1) is 23.7 Å². The van der Waals surface area contributed by atoms with Gasteiger partial charge in [-0.3, -0.25) is 4.79 Å². The smallest absolute Gasteiger partial charge is 0.338 e. The molecule has 1 unspecified atom stereocenters. The lowest BCUT2D eigenvalue weighted by molar-refractivity contribution is -0.123. The Hall–Kier alpha value is -3.73. The van der Waals surface area contributed by atoms with Crippen LogP contribution in [-0.2, 0) is 24.3 Å². The molecule has 0 aromatic heterocycles. The second-order valence-electron chi connectivity index (χ2n) is 8.02. The first-order valence-electron chi connectivity index (χ1n) is 11.4. The summed E-state index contributed by atoms with van der Waals surface area (Å²) in [5.74, 6) is 0.0273. The number of rotatable bonds is 8. The number of carbonyl (C=O) groups is 2. The number of ether oxygens (including phenoxy) is 3. The minimum atomic E-state index is -3.63. The van der Waals surface area contributed by atoms with Gasteiger partial charge in [0, 0.05) is 18.8 Å². The van der Waals surface area contributed by atoms with Gasteiger partial charge in [0.25, 0.3) is 5.91 Å². The maximum Gasteiger partial charge on any atom is 0.338 e. The Morgan fingerprint density at radius 1 is 0.889 bits per heavy atom. The van der Waals surface area contributed by atoms with Crippen LogP contribution in [0.3, 0.4) is 0 Å². The van der Waals surface area contributed by atoms with E-state index < -0.39 is 28.0 Å². The molecule has 0 bridgehead atoms. The van der Waals surface area contributed by atoms with E-state index in [9.17, 15) is 18.0 Å². The summed E-state index contributed by atoms with van der Waals surface area (Å²) in [5, 5.41) is 2.63. The minimum Gasteiger partial charge on any atom is -0.457 e. The fraction of sp³-hybridized carbons (Fsp3) is 0.231. The van der Waals surface area contributed by atoms with E-state index in [1.165, 1.54) is 35.5 Å². The van der Waals surface area contributed by atoms with Crippen LogP contribution in [0, 0.1) is 0 Å². The van der Waals surface area contributed by atoms with E-state index in [-0.39, 0.29) is 10.5 Å². The third-order valence-electron chi connectivity index (χ3n) is 5.45. The molecular formula is C26H26N2O7S. The predicted octanol–water partition coefficient (Wildman–Crippen LogP) is 3.68. The van der Waals surface area contributed by atoms with Crippen LogP contribution in [-0.4, -0.2) is 57.0 Å². The molecule has 0 radical (unpaired) electrons. The molecule has 1 atom stereocenters. The molecule has 4 rings (SSSR count). The Bertz CT molecular complexity index is 1290. The van der Waals surface area contributed by atoms with E-state index in [1.54, 1.807) is 24.3 Å². The summed E-state index contributed by atoms with van der Waals surface area (Å²) >= 11 is 0. The zero-order valence-corrected chi connectivity index (χ0v) is 20.4. The fourth-order valence-electron chi connectivity index (χ4n) is 3.46. The van der Waals surface area contributed by atoms with E-state index in [0.717, 1.165) is 0 Å². The van der Waals surface area contributed by atoms with Crippen LogP contribution in [0.25, 0.3) is 0 Å². The van der Waals surface area contributed by atoms with E-state index in [0.29, 0.717) is 43.5 Å². The van der Waals surface area contributed by atoms with Crippen LogP contribution in [0.5, 0.6) is 11.5 Å². The normalized spacial score (nSPS) is 15.0. The minimum absolute atomic E-state index is 0.126. The second-order valence-corrected chi connectivity index (χ2v) is 9.96. The van der Waals surface area contributed by atoms with E-state index in [2.05, 4.69) is 5.32 Å². The molecule has 1 amide bonds. The Morgan fingerprint density at radius 3 is 2.14 bits per heavy atom. The van der Waals surface area contributed by atoms with Crippen molar-refractivity contribution in [3.8, 4) is 11.5 Å². The zero-order chi connectivity index (χ0) is 25.5. The number of esters is 1. The first-order chi connectivity index (χ1) is 17.3. The molecule has 3 aromatic carbocycles. The molecule has 3 aromatic rings. The Morgan fingerprint density at radius 2 is 1.50 bits per heavy atom. The Labute approximate surface area is 209 Å². The highest BCUT2D eigenvalue weighted by molar-refractivity contribution is 7.89. The van der Waals surface area contributed by atoms with Crippen LogP contribution in [0.15, 0.2) is 83.8 Å². The first-order valence-corrected chi connectivity index (χ1v) is 12.8. The van der Waals surface area contributed by atoms with Gasteiger partial charge in [-0.1, -0.05) is 18.2 Å². The van der Waals surface area contributed by atoms with E-state index in [4.69, 9.17) is 14.2 Å². The molecule has 1 fully saturated rings. The number of hydrogen-bond donors (Lipinski definition) is 1. The number of nitrogens with zero attached hydrogens (tertiary/aromatic N) is 1. The largest absolute Gasteiger partial charge is 0.457 e.